The van der Waals surface area contributed by atoms with Crippen LogP contribution in [0, 0.1) is 0 Å². The molecule has 4 rings (SSSR count). The molecule has 1 aromatic heterocycles. The monoisotopic (exact) mass is 284 g/mol. The summed E-state index contributed by atoms with van der Waals surface area (Å²) in [6, 6.07) is 29.2. The molecule has 0 saturated carbocycles. The number of rotatable bonds is 3. The molecule has 2 N–H and O–H groups in total. The number of fused-ring (bicyclic) bond motifs is 1. The van der Waals surface area contributed by atoms with Crippen molar-refractivity contribution in [2.45, 2.75) is 0 Å². The highest BCUT2D eigenvalue weighted by molar-refractivity contribution is 5.86. The van der Waals surface area contributed by atoms with Crippen molar-refractivity contribution in [1.29, 1.82) is 0 Å². The second-order valence-corrected chi connectivity index (χ2v) is 5.34. The molecule has 0 atom stereocenters. The van der Waals surface area contributed by atoms with Gasteiger partial charge in [0.05, 0.1) is 0 Å². The lowest BCUT2D eigenvalue weighted by atomic mass is 10.1. The molecule has 1 heterocycles. The number of anilines is 2. The Morgan fingerprint density at radius 1 is 0.636 bits per heavy atom. The summed E-state index contributed by atoms with van der Waals surface area (Å²) < 4.78 is 0. The van der Waals surface area contributed by atoms with E-state index in [1.165, 1.54) is 16.5 Å². The minimum absolute atomic E-state index is 1.09. The SMILES string of the molecule is c1ccc(Nc2cccc(-c3cc4ccccc4[nH]3)c2)cc1. The molecule has 0 aliphatic carbocycles. The van der Waals surface area contributed by atoms with Crippen molar-refractivity contribution in [3.05, 3.63) is 84.9 Å². The van der Waals surface area contributed by atoms with Gasteiger partial charge in [0.2, 0.25) is 0 Å². The van der Waals surface area contributed by atoms with Crippen molar-refractivity contribution in [2.75, 3.05) is 5.32 Å². The average molecular weight is 284 g/mol. The van der Waals surface area contributed by atoms with Crippen LogP contribution >= 0.6 is 0 Å². The van der Waals surface area contributed by atoms with Crippen molar-refractivity contribution < 1.29 is 0 Å². The van der Waals surface area contributed by atoms with Crippen LogP contribution in [0.25, 0.3) is 22.2 Å². The summed E-state index contributed by atoms with van der Waals surface area (Å²) in [5.41, 5.74) is 5.66. The summed E-state index contributed by atoms with van der Waals surface area (Å²) in [5, 5.41) is 4.67. The largest absolute Gasteiger partial charge is 0.356 e. The van der Waals surface area contributed by atoms with Crippen molar-refractivity contribution in [1.82, 2.24) is 4.98 Å². The van der Waals surface area contributed by atoms with E-state index >= 15 is 0 Å². The smallest absolute Gasteiger partial charge is 0.0465 e. The molecule has 0 fully saturated rings. The van der Waals surface area contributed by atoms with Gasteiger partial charge in [-0.05, 0) is 36.4 Å². The molecule has 22 heavy (non-hydrogen) atoms. The Kier molecular flexibility index (Phi) is 3.13. The number of benzene rings is 3. The lowest BCUT2D eigenvalue weighted by Crippen LogP contribution is -1.90. The molecule has 2 nitrogen and oxygen atoms in total. The van der Waals surface area contributed by atoms with Crippen LogP contribution in [-0.2, 0) is 0 Å². The van der Waals surface area contributed by atoms with Crippen LogP contribution in [0.3, 0.4) is 0 Å². The molecule has 0 bridgehead atoms. The van der Waals surface area contributed by atoms with E-state index < -0.39 is 0 Å². The Morgan fingerprint density at radius 3 is 2.27 bits per heavy atom. The standard InChI is InChI=1S/C20H16N2/c1-2-9-17(10-3-1)21-18-11-6-8-15(13-18)20-14-16-7-4-5-12-19(16)22-20/h1-14,21-22H. The van der Waals surface area contributed by atoms with Crippen molar-refractivity contribution in [3.63, 3.8) is 0 Å². The lowest BCUT2D eigenvalue weighted by molar-refractivity contribution is 1.45. The van der Waals surface area contributed by atoms with Gasteiger partial charge in [0, 0.05) is 33.5 Å². The Labute approximate surface area is 129 Å². The normalized spacial score (nSPS) is 10.7. The molecule has 0 saturated heterocycles. The first-order chi connectivity index (χ1) is 10.9. The third kappa shape index (κ3) is 2.47. The van der Waals surface area contributed by atoms with Crippen LogP contribution in [-0.4, -0.2) is 4.98 Å². The molecule has 2 heteroatoms. The van der Waals surface area contributed by atoms with Gasteiger partial charge in [0.1, 0.15) is 0 Å². The van der Waals surface area contributed by atoms with E-state index in [4.69, 9.17) is 0 Å². The molecule has 0 spiro atoms. The van der Waals surface area contributed by atoms with Gasteiger partial charge in [-0.3, -0.25) is 0 Å². The quantitative estimate of drug-likeness (QED) is 0.505. The van der Waals surface area contributed by atoms with Gasteiger partial charge in [-0.1, -0.05) is 48.5 Å². The van der Waals surface area contributed by atoms with Gasteiger partial charge in [-0.25, -0.2) is 0 Å². The minimum Gasteiger partial charge on any atom is -0.356 e. The van der Waals surface area contributed by atoms with Gasteiger partial charge in [0.25, 0.3) is 0 Å². The van der Waals surface area contributed by atoms with Crippen LogP contribution in [0.4, 0.5) is 11.4 Å². The lowest BCUT2D eigenvalue weighted by Gasteiger charge is -2.07. The molecule has 3 aromatic carbocycles. The maximum atomic E-state index is 3.48. The number of hydrogen-bond acceptors (Lipinski definition) is 1. The maximum Gasteiger partial charge on any atom is 0.0465 e. The number of aromatic nitrogens is 1. The fourth-order valence-corrected chi connectivity index (χ4v) is 2.68. The first-order valence-corrected chi connectivity index (χ1v) is 7.39. The zero-order chi connectivity index (χ0) is 14.8. The second kappa shape index (κ2) is 5.41. The van der Waals surface area contributed by atoms with Crippen molar-refractivity contribution in [3.8, 4) is 11.3 Å². The zero-order valence-electron chi connectivity index (χ0n) is 12.1. The third-order valence-electron chi connectivity index (χ3n) is 3.77. The summed E-state index contributed by atoms with van der Waals surface area (Å²) in [7, 11) is 0. The molecule has 106 valence electrons. The van der Waals surface area contributed by atoms with E-state index in [1.807, 2.05) is 18.2 Å². The molecule has 0 aliphatic rings. The summed E-state index contributed by atoms with van der Waals surface area (Å²) >= 11 is 0. The van der Waals surface area contributed by atoms with Gasteiger partial charge in [-0.2, -0.15) is 0 Å². The summed E-state index contributed by atoms with van der Waals surface area (Å²) in [4.78, 5) is 3.48. The van der Waals surface area contributed by atoms with E-state index in [0.29, 0.717) is 0 Å². The minimum atomic E-state index is 1.09. The summed E-state index contributed by atoms with van der Waals surface area (Å²) in [6.45, 7) is 0. The summed E-state index contributed by atoms with van der Waals surface area (Å²) in [6.07, 6.45) is 0. The topological polar surface area (TPSA) is 27.8 Å². The van der Waals surface area contributed by atoms with Gasteiger partial charge < -0.3 is 10.3 Å². The summed E-state index contributed by atoms with van der Waals surface area (Å²) in [5.74, 6) is 0. The molecule has 0 amide bonds. The highest BCUT2D eigenvalue weighted by Gasteiger charge is 2.04. The first kappa shape index (κ1) is 12.7. The van der Waals surface area contributed by atoms with Gasteiger partial charge in [-0.15, -0.1) is 0 Å². The van der Waals surface area contributed by atoms with Crippen LogP contribution in [0.1, 0.15) is 0 Å². The molecule has 0 radical (unpaired) electrons. The van der Waals surface area contributed by atoms with E-state index in [-0.39, 0.29) is 0 Å². The Bertz CT molecular complexity index is 874. The fourth-order valence-electron chi connectivity index (χ4n) is 2.68. The fraction of sp³-hybridized carbons (Fsp3) is 0. The first-order valence-electron chi connectivity index (χ1n) is 7.39. The Hall–Kier alpha value is -3.00. The highest BCUT2D eigenvalue weighted by atomic mass is 14.9. The average Bonchev–Trinajstić information content (AvgIpc) is 3.00. The predicted molar refractivity (Wildman–Crippen MR) is 93.5 cm³/mol. The van der Waals surface area contributed by atoms with E-state index in [9.17, 15) is 0 Å². The van der Waals surface area contributed by atoms with Crippen LogP contribution < -0.4 is 5.32 Å². The number of nitrogens with one attached hydrogen (secondary N) is 2. The Balaban J connectivity index is 1.69. The second-order valence-electron chi connectivity index (χ2n) is 5.34. The number of hydrogen-bond donors (Lipinski definition) is 2. The van der Waals surface area contributed by atoms with Crippen molar-refractivity contribution in [2.24, 2.45) is 0 Å². The van der Waals surface area contributed by atoms with Crippen LogP contribution in [0.5, 0.6) is 0 Å². The molecule has 0 aliphatic heterocycles. The van der Waals surface area contributed by atoms with Gasteiger partial charge in [0.15, 0.2) is 0 Å². The Morgan fingerprint density at radius 2 is 1.41 bits per heavy atom. The van der Waals surface area contributed by atoms with E-state index in [2.05, 4.69) is 77.0 Å². The van der Waals surface area contributed by atoms with Crippen LogP contribution in [0.15, 0.2) is 84.9 Å². The van der Waals surface area contributed by atoms with Crippen LogP contribution in [0.2, 0.25) is 0 Å². The number of aromatic amines is 1. The van der Waals surface area contributed by atoms with E-state index in [1.54, 1.807) is 0 Å². The third-order valence-corrected chi connectivity index (χ3v) is 3.77. The molecular weight excluding hydrogens is 268 g/mol. The number of H-pyrrole nitrogens is 1. The molecule has 4 aromatic rings. The maximum absolute atomic E-state index is 3.48. The van der Waals surface area contributed by atoms with E-state index in [0.717, 1.165) is 17.1 Å². The predicted octanol–water partition coefficient (Wildman–Crippen LogP) is 5.58. The molecule has 0 unspecified atom stereocenters. The van der Waals surface area contributed by atoms with Gasteiger partial charge >= 0.3 is 0 Å². The highest BCUT2D eigenvalue weighted by Crippen LogP contribution is 2.27. The molecular formula is C20H16N2. The number of para-hydroxylation sites is 2. The van der Waals surface area contributed by atoms with Crippen molar-refractivity contribution >= 4 is 22.3 Å². The zero-order valence-corrected chi connectivity index (χ0v) is 12.1.